The zero-order valence-electron chi connectivity index (χ0n) is 15.3. The number of nitrogens with one attached hydrogen (secondary N) is 1. The number of aromatic nitrogens is 2. The smallest absolute Gasteiger partial charge is 0.220 e. The van der Waals surface area contributed by atoms with Gasteiger partial charge in [0.2, 0.25) is 5.91 Å². The van der Waals surface area contributed by atoms with Crippen molar-refractivity contribution in [3.8, 4) is 11.8 Å². The summed E-state index contributed by atoms with van der Waals surface area (Å²) in [6, 6.07) is 3.29. The molecule has 0 spiro atoms. The van der Waals surface area contributed by atoms with Crippen LogP contribution in [-0.4, -0.2) is 28.8 Å². The van der Waals surface area contributed by atoms with Gasteiger partial charge in [-0.25, -0.2) is 4.39 Å². The molecule has 1 fully saturated rings. The van der Waals surface area contributed by atoms with Gasteiger partial charge < -0.3 is 10.1 Å². The molecule has 1 N–H and O–H groups in total. The van der Waals surface area contributed by atoms with Gasteiger partial charge >= 0.3 is 0 Å². The Labute approximate surface area is 161 Å². The fourth-order valence-electron chi connectivity index (χ4n) is 3.37. The van der Waals surface area contributed by atoms with E-state index in [1.54, 1.807) is 17.8 Å². The SMILES string of the molecule is CCOc1c([C@H](C)n2cc(C#N)c(C)n2)cc(Cl)c(F)c1[C@@H]1CNC(=O)C1. The summed E-state index contributed by atoms with van der Waals surface area (Å²) in [6.07, 6.45) is 1.83. The first-order valence-corrected chi connectivity index (χ1v) is 9.12. The van der Waals surface area contributed by atoms with Crippen molar-refractivity contribution >= 4 is 17.5 Å². The van der Waals surface area contributed by atoms with E-state index in [-0.39, 0.29) is 29.3 Å². The molecule has 1 amide bonds. The number of hydrogen-bond acceptors (Lipinski definition) is 4. The highest BCUT2D eigenvalue weighted by molar-refractivity contribution is 6.31. The van der Waals surface area contributed by atoms with Gasteiger partial charge in [0.25, 0.3) is 0 Å². The van der Waals surface area contributed by atoms with E-state index in [4.69, 9.17) is 16.3 Å². The number of halogens is 2. The van der Waals surface area contributed by atoms with Crippen molar-refractivity contribution < 1.29 is 13.9 Å². The molecular weight excluding hydrogens is 371 g/mol. The summed E-state index contributed by atoms with van der Waals surface area (Å²) >= 11 is 6.18. The Bertz CT molecular complexity index is 935. The molecule has 2 aromatic rings. The average molecular weight is 391 g/mol. The van der Waals surface area contributed by atoms with Crippen molar-refractivity contribution in [2.45, 2.75) is 39.2 Å². The Morgan fingerprint density at radius 2 is 2.33 bits per heavy atom. The third-order valence-electron chi connectivity index (χ3n) is 4.79. The molecule has 1 aliphatic heterocycles. The van der Waals surface area contributed by atoms with Crippen LogP contribution in [0.2, 0.25) is 5.02 Å². The Balaban J connectivity index is 2.15. The standard InChI is InChI=1S/C19H20ClFN4O2/c1-4-27-19-14(11(3)25-9-13(7-22)10(2)24-25)6-15(20)18(21)17(19)12-5-16(26)23-8-12/h6,9,11-12H,4-5,8H2,1-3H3,(H,23,26)/t11-,12-/m0/s1. The average Bonchev–Trinajstić information content (AvgIpc) is 3.23. The van der Waals surface area contributed by atoms with Crippen LogP contribution in [0.3, 0.4) is 0 Å². The molecule has 6 nitrogen and oxygen atoms in total. The van der Waals surface area contributed by atoms with Crippen molar-refractivity contribution in [3.05, 3.63) is 45.5 Å². The number of aryl methyl sites for hydroxylation is 1. The van der Waals surface area contributed by atoms with Gasteiger partial charge in [-0.15, -0.1) is 0 Å². The third-order valence-corrected chi connectivity index (χ3v) is 5.07. The highest BCUT2D eigenvalue weighted by Gasteiger charge is 2.32. The largest absolute Gasteiger partial charge is 0.493 e. The lowest BCUT2D eigenvalue weighted by Crippen LogP contribution is -2.16. The minimum Gasteiger partial charge on any atom is -0.493 e. The number of hydrogen-bond donors (Lipinski definition) is 1. The third kappa shape index (κ3) is 3.50. The number of benzene rings is 1. The van der Waals surface area contributed by atoms with Gasteiger partial charge in [-0.05, 0) is 26.8 Å². The first kappa shape index (κ1) is 19.2. The van der Waals surface area contributed by atoms with Crippen molar-refractivity contribution in [1.82, 2.24) is 15.1 Å². The summed E-state index contributed by atoms with van der Waals surface area (Å²) in [6.45, 7) is 6.12. The molecule has 0 radical (unpaired) electrons. The van der Waals surface area contributed by atoms with E-state index < -0.39 is 5.82 Å². The van der Waals surface area contributed by atoms with Crippen LogP contribution in [0.15, 0.2) is 12.3 Å². The second kappa shape index (κ2) is 7.57. The minimum absolute atomic E-state index is 0.0287. The maximum absolute atomic E-state index is 14.9. The lowest BCUT2D eigenvalue weighted by atomic mass is 9.92. The zero-order chi connectivity index (χ0) is 19.7. The molecule has 27 heavy (non-hydrogen) atoms. The molecule has 2 atom stereocenters. The van der Waals surface area contributed by atoms with Crippen LogP contribution in [-0.2, 0) is 4.79 Å². The highest BCUT2D eigenvalue weighted by atomic mass is 35.5. The van der Waals surface area contributed by atoms with Crippen molar-refractivity contribution in [2.75, 3.05) is 13.2 Å². The number of ether oxygens (including phenoxy) is 1. The molecular formula is C19H20ClFN4O2. The Kier molecular flexibility index (Phi) is 5.38. The van der Waals surface area contributed by atoms with E-state index >= 15 is 0 Å². The van der Waals surface area contributed by atoms with Gasteiger partial charge in [0.1, 0.15) is 17.6 Å². The number of nitriles is 1. The van der Waals surface area contributed by atoms with Crippen LogP contribution in [0.5, 0.6) is 5.75 Å². The summed E-state index contributed by atoms with van der Waals surface area (Å²) in [4.78, 5) is 11.7. The normalized spacial score (nSPS) is 17.5. The van der Waals surface area contributed by atoms with Crippen molar-refractivity contribution in [1.29, 1.82) is 5.26 Å². The summed E-state index contributed by atoms with van der Waals surface area (Å²) in [7, 11) is 0. The van der Waals surface area contributed by atoms with Crippen molar-refractivity contribution in [2.24, 2.45) is 0 Å². The topological polar surface area (TPSA) is 79.9 Å². The van der Waals surface area contributed by atoms with Crippen LogP contribution in [0.1, 0.15) is 54.6 Å². The Morgan fingerprint density at radius 3 is 2.89 bits per heavy atom. The molecule has 1 saturated heterocycles. The van der Waals surface area contributed by atoms with E-state index in [2.05, 4.69) is 16.5 Å². The van der Waals surface area contributed by atoms with Gasteiger partial charge in [0.15, 0.2) is 0 Å². The number of rotatable bonds is 5. The van der Waals surface area contributed by atoms with Crippen LogP contribution >= 0.6 is 11.6 Å². The molecule has 3 rings (SSSR count). The molecule has 142 valence electrons. The van der Waals surface area contributed by atoms with E-state index in [1.165, 1.54) is 6.07 Å². The lowest BCUT2D eigenvalue weighted by molar-refractivity contribution is -0.119. The Hall–Kier alpha value is -2.59. The quantitative estimate of drug-likeness (QED) is 0.847. The number of amides is 1. The van der Waals surface area contributed by atoms with Crippen molar-refractivity contribution in [3.63, 3.8) is 0 Å². The second-order valence-corrected chi connectivity index (χ2v) is 6.95. The predicted octanol–water partition coefficient (Wildman–Crippen LogP) is 3.47. The first-order chi connectivity index (χ1) is 12.9. The molecule has 1 aromatic heterocycles. The number of carbonyl (C=O) groups excluding carboxylic acids is 1. The molecule has 2 heterocycles. The van der Waals surface area contributed by atoms with Crippen LogP contribution in [0, 0.1) is 24.1 Å². The van der Waals surface area contributed by atoms with E-state index in [9.17, 15) is 14.4 Å². The van der Waals surface area contributed by atoms with E-state index in [1.807, 2.05) is 13.8 Å². The van der Waals surface area contributed by atoms with Crippen LogP contribution < -0.4 is 10.1 Å². The van der Waals surface area contributed by atoms with E-state index in [0.29, 0.717) is 41.3 Å². The van der Waals surface area contributed by atoms with Gasteiger partial charge in [0, 0.05) is 36.2 Å². The van der Waals surface area contributed by atoms with Gasteiger partial charge in [-0.1, -0.05) is 11.6 Å². The van der Waals surface area contributed by atoms with Gasteiger partial charge in [0.05, 0.1) is 28.9 Å². The molecule has 0 aliphatic carbocycles. The number of carbonyl (C=O) groups is 1. The molecule has 0 unspecified atom stereocenters. The molecule has 0 bridgehead atoms. The minimum atomic E-state index is -0.563. The maximum Gasteiger partial charge on any atom is 0.220 e. The number of nitrogens with zero attached hydrogens (tertiary/aromatic N) is 3. The monoisotopic (exact) mass is 390 g/mol. The fraction of sp³-hybridized carbons (Fsp3) is 0.421. The summed E-state index contributed by atoms with van der Waals surface area (Å²) in [5.74, 6) is -0.650. The first-order valence-electron chi connectivity index (χ1n) is 8.74. The Morgan fingerprint density at radius 1 is 1.59 bits per heavy atom. The summed E-state index contributed by atoms with van der Waals surface area (Å²) in [5, 5.41) is 16.3. The molecule has 8 heteroatoms. The lowest BCUT2D eigenvalue weighted by Gasteiger charge is -2.23. The maximum atomic E-state index is 14.9. The molecule has 1 aliphatic rings. The van der Waals surface area contributed by atoms with E-state index in [0.717, 1.165) is 0 Å². The fourth-order valence-corrected chi connectivity index (χ4v) is 3.59. The molecule has 0 saturated carbocycles. The predicted molar refractivity (Wildman–Crippen MR) is 98.4 cm³/mol. The van der Waals surface area contributed by atoms with Crippen LogP contribution in [0.25, 0.3) is 0 Å². The second-order valence-electron chi connectivity index (χ2n) is 6.54. The summed E-state index contributed by atoms with van der Waals surface area (Å²) in [5.41, 5.74) is 2.05. The molecule has 1 aromatic carbocycles. The van der Waals surface area contributed by atoms with Crippen LogP contribution in [0.4, 0.5) is 4.39 Å². The summed E-state index contributed by atoms with van der Waals surface area (Å²) < 4.78 is 22.4. The van der Waals surface area contributed by atoms with Gasteiger partial charge in [-0.3, -0.25) is 9.48 Å². The zero-order valence-corrected chi connectivity index (χ0v) is 16.1. The highest BCUT2D eigenvalue weighted by Crippen LogP contribution is 2.42. The van der Waals surface area contributed by atoms with Gasteiger partial charge in [-0.2, -0.15) is 10.4 Å².